The molecule has 2 bridgehead atoms. The molecular weight excluding hydrogens is 504 g/mol. The molecule has 2 atom stereocenters. The van der Waals surface area contributed by atoms with Crippen molar-refractivity contribution in [2.45, 2.75) is 18.5 Å². The van der Waals surface area contributed by atoms with Crippen molar-refractivity contribution in [1.82, 2.24) is 34.7 Å². The van der Waals surface area contributed by atoms with E-state index in [0.29, 0.717) is 13.1 Å². The predicted octanol–water partition coefficient (Wildman–Crippen LogP) is 4.94. The molecule has 2 fully saturated rings. The van der Waals surface area contributed by atoms with Crippen molar-refractivity contribution in [2.75, 3.05) is 18.0 Å². The lowest BCUT2D eigenvalue weighted by Crippen LogP contribution is -2.48. The van der Waals surface area contributed by atoms with Gasteiger partial charge in [-0.2, -0.15) is 10.2 Å². The summed E-state index contributed by atoms with van der Waals surface area (Å²) in [5, 5.41) is 23.0. The van der Waals surface area contributed by atoms with Gasteiger partial charge in [0, 0.05) is 59.9 Å². The summed E-state index contributed by atoms with van der Waals surface area (Å²) in [5.74, 6) is 0. The molecule has 0 spiro atoms. The Morgan fingerprint density at radius 2 is 1.82 bits per heavy atom. The van der Waals surface area contributed by atoms with Crippen molar-refractivity contribution in [3.63, 3.8) is 0 Å². The third-order valence-corrected chi connectivity index (χ3v) is 8.19. The molecule has 40 heavy (non-hydrogen) atoms. The number of hydrogen-bond donors (Lipinski definition) is 2. The Labute approximate surface area is 228 Å². The number of fused-ring (bicyclic) bond motifs is 4. The standard InChI is InChI=1S/C30H24N8O2/c39-30(40)37-17-21-14-22(37)16-36(21)20-4-1-3-19(13-20)26-9-12-32-29-27(23-5-2-6-25-24(23)15-33-34-25)28(35-38(26)29)18-7-10-31-11-8-18/h1-13,15,21-22H,14,16-17H2,(H,33,34)(H,39,40)/t21-,22-/m0/s1. The lowest BCUT2D eigenvalue weighted by molar-refractivity contribution is 0.137. The van der Waals surface area contributed by atoms with E-state index in [-0.39, 0.29) is 12.1 Å². The Morgan fingerprint density at radius 1 is 0.950 bits per heavy atom. The maximum absolute atomic E-state index is 11.6. The molecule has 196 valence electrons. The Bertz CT molecular complexity index is 1910. The maximum atomic E-state index is 11.6. The Kier molecular flexibility index (Phi) is 4.90. The van der Waals surface area contributed by atoms with Crippen molar-refractivity contribution in [3.8, 4) is 33.6 Å². The van der Waals surface area contributed by atoms with Crippen LogP contribution in [0.2, 0.25) is 0 Å². The van der Waals surface area contributed by atoms with E-state index in [1.807, 2.05) is 47.2 Å². The molecule has 10 heteroatoms. The highest BCUT2D eigenvalue weighted by molar-refractivity contribution is 6.02. The number of rotatable bonds is 4. The number of benzene rings is 2. The fourth-order valence-corrected chi connectivity index (χ4v) is 6.37. The van der Waals surface area contributed by atoms with Gasteiger partial charge in [-0.3, -0.25) is 10.1 Å². The van der Waals surface area contributed by atoms with Crippen LogP contribution in [0.3, 0.4) is 0 Å². The molecule has 0 unspecified atom stereocenters. The fourth-order valence-electron chi connectivity index (χ4n) is 6.37. The van der Waals surface area contributed by atoms with Gasteiger partial charge in [-0.15, -0.1) is 0 Å². The van der Waals surface area contributed by atoms with Crippen LogP contribution in [0.5, 0.6) is 0 Å². The van der Waals surface area contributed by atoms with E-state index in [2.05, 4.69) is 50.4 Å². The number of carbonyl (C=O) groups is 1. The number of anilines is 1. The van der Waals surface area contributed by atoms with Gasteiger partial charge < -0.3 is 14.9 Å². The molecule has 2 saturated heterocycles. The number of aromatic nitrogens is 6. The summed E-state index contributed by atoms with van der Waals surface area (Å²) < 4.78 is 1.92. The minimum Gasteiger partial charge on any atom is -0.465 e. The van der Waals surface area contributed by atoms with Gasteiger partial charge in [0.1, 0.15) is 5.69 Å². The first kappa shape index (κ1) is 22.7. The summed E-state index contributed by atoms with van der Waals surface area (Å²) in [7, 11) is 0. The van der Waals surface area contributed by atoms with Crippen molar-refractivity contribution in [3.05, 3.63) is 85.5 Å². The first-order valence-corrected chi connectivity index (χ1v) is 13.2. The van der Waals surface area contributed by atoms with E-state index < -0.39 is 6.09 Å². The topological polar surface area (TPSA) is 116 Å². The van der Waals surface area contributed by atoms with E-state index in [1.54, 1.807) is 17.3 Å². The quantitative estimate of drug-likeness (QED) is 0.333. The lowest BCUT2D eigenvalue weighted by atomic mass is 9.99. The van der Waals surface area contributed by atoms with E-state index in [9.17, 15) is 9.90 Å². The van der Waals surface area contributed by atoms with Crippen molar-refractivity contribution in [1.29, 1.82) is 0 Å². The number of H-pyrrole nitrogens is 1. The lowest BCUT2D eigenvalue weighted by Gasteiger charge is -2.34. The molecule has 0 radical (unpaired) electrons. The second-order valence-corrected chi connectivity index (χ2v) is 10.3. The number of nitrogens with zero attached hydrogens (tertiary/aromatic N) is 7. The number of amides is 1. The zero-order valence-corrected chi connectivity index (χ0v) is 21.3. The molecule has 0 aliphatic carbocycles. The highest BCUT2D eigenvalue weighted by Crippen LogP contribution is 2.40. The zero-order valence-electron chi connectivity index (χ0n) is 21.3. The summed E-state index contributed by atoms with van der Waals surface area (Å²) >= 11 is 0. The predicted molar refractivity (Wildman–Crippen MR) is 151 cm³/mol. The first-order chi connectivity index (χ1) is 19.7. The number of piperazine rings is 1. The van der Waals surface area contributed by atoms with Crippen LogP contribution in [-0.2, 0) is 0 Å². The Hall–Kier alpha value is -5.25. The molecule has 4 aromatic heterocycles. The van der Waals surface area contributed by atoms with Gasteiger partial charge in [0.15, 0.2) is 5.65 Å². The first-order valence-electron chi connectivity index (χ1n) is 13.2. The summed E-state index contributed by atoms with van der Waals surface area (Å²) in [6, 6.07) is 20.7. The summed E-state index contributed by atoms with van der Waals surface area (Å²) in [4.78, 5) is 24.5. The molecular formula is C30H24N8O2. The zero-order chi connectivity index (χ0) is 26.8. The van der Waals surface area contributed by atoms with Crippen LogP contribution < -0.4 is 4.90 Å². The average Bonchev–Trinajstić information content (AvgIpc) is 3.79. The number of carboxylic acid groups (broad SMARTS) is 1. The monoisotopic (exact) mass is 528 g/mol. The summed E-state index contributed by atoms with van der Waals surface area (Å²) in [6.07, 6.45) is 7.26. The minimum atomic E-state index is -0.828. The smallest absolute Gasteiger partial charge is 0.407 e. The SMILES string of the molecule is O=C(O)N1C[C@@H]2C[C@H]1CN2c1cccc(-c2ccnc3c(-c4cccc5[nH]ncc45)c(-c4ccncc4)nn23)c1. The van der Waals surface area contributed by atoms with Crippen molar-refractivity contribution >= 4 is 28.3 Å². The Balaban J connectivity index is 1.28. The van der Waals surface area contributed by atoms with E-state index in [4.69, 9.17) is 10.1 Å². The number of likely N-dealkylation sites (tertiary alicyclic amines) is 1. The van der Waals surface area contributed by atoms with E-state index >= 15 is 0 Å². The highest BCUT2D eigenvalue weighted by Gasteiger charge is 2.45. The molecule has 1 amide bonds. The molecule has 2 aromatic carbocycles. The second-order valence-electron chi connectivity index (χ2n) is 10.3. The van der Waals surface area contributed by atoms with Crippen LogP contribution in [0.25, 0.3) is 50.2 Å². The largest absolute Gasteiger partial charge is 0.465 e. The molecule has 0 saturated carbocycles. The van der Waals surface area contributed by atoms with Crippen molar-refractivity contribution < 1.29 is 9.90 Å². The molecule has 6 aromatic rings. The molecule has 10 nitrogen and oxygen atoms in total. The number of nitrogens with one attached hydrogen (secondary N) is 1. The van der Waals surface area contributed by atoms with Crippen molar-refractivity contribution in [2.24, 2.45) is 0 Å². The van der Waals surface area contributed by atoms with Crippen LogP contribution in [0, 0.1) is 0 Å². The minimum absolute atomic E-state index is 0.0426. The maximum Gasteiger partial charge on any atom is 0.407 e. The van der Waals surface area contributed by atoms with E-state index in [0.717, 1.165) is 62.3 Å². The highest BCUT2D eigenvalue weighted by atomic mass is 16.4. The summed E-state index contributed by atoms with van der Waals surface area (Å²) in [5.41, 5.74) is 8.42. The molecule has 8 rings (SSSR count). The second kappa shape index (κ2) is 8.63. The molecule has 2 aliphatic heterocycles. The van der Waals surface area contributed by atoms with Crippen LogP contribution in [0.4, 0.5) is 10.5 Å². The normalized spacial score (nSPS) is 18.3. The van der Waals surface area contributed by atoms with Gasteiger partial charge in [0.2, 0.25) is 0 Å². The third-order valence-electron chi connectivity index (χ3n) is 8.19. The molecule has 2 N–H and O–H groups in total. The van der Waals surface area contributed by atoms with Crippen LogP contribution in [0.15, 0.2) is 85.5 Å². The van der Waals surface area contributed by atoms with Gasteiger partial charge in [0.05, 0.1) is 29.0 Å². The molecule has 2 aliphatic rings. The number of hydrogen-bond acceptors (Lipinski definition) is 6. The van der Waals surface area contributed by atoms with Crippen LogP contribution >= 0.6 is 0 Å². The fraction of sp³-hybridized carbons (Fsp3) is 0.167. The van der Waals surface area contributed by atoms with Crippen LogP contribution in [0.1, 0.15) is 6.42 Å². The Morgan fingerprint density at radius 3 is 2.65 bits per heavy atom. The van der Waals surface area contributed by atoms with Gasteiger partial charge in [-0.25, -0.2) is 14.3 Å². The molecule has 6 heterocycles. The summed E-state index contributed by atoms with van der Waals surface area (Å²) in [6.45, 7) is 1.25. The van der Waals surface area contributed by atoms with Gasteiger partial charge >= 0.3 is 6.09 Å². The number of pyridine rings is 1. The number of aromatic amines is 1. The van der Waals surface area contributed by atoms with Gasteiger partial charge in [0.25, 0.3) is 0 Å². The average molecular weight is 529 g/mol. The van der Waals surface area contributed by atoms with Gasteiger partial charge in [-0.05, 0) is 48.4 Å². The third kappa shape index (κ3) is 3.39. The van der Waals surface area contributed by atoms with Crippen LogP contribution in [-0.4, -0.2) is 71.1 Å². The van der Waals surface area contributed by atoms with Gasteiger partial charge in [-0.1, -0.05) is 24.3 Å². The van der Waals surface area contributed by atoms with E-state index in [1.165, 1.54) is 0 Å².